The smallest absolute Gasteiger partial charge is 0.338 e. The summed E-state index contributed by atoms with van der Waals surface area (Å²) >= 11 is 2.51. The van der Waals surface area contributed by atoms with Crippen LogP contribution in [0.15, 0.2) is 115 Å². The first-order chi connectivity index (χ1) is 20.6. The van der Waals surface area contributed by atoms with Crippen LogP contribution in [0.4, 0.5) is 0 Å². The Hall–Kier alpha value is -4.74. The molecule has 11 heteroatoms. The summed E-state index contributed by atoms with van der Waals surface area (Å²) < 4.78 is 18.8. The van der Waals surface area contributed by atoms with E-state index in [-0.39, 0.29) is 17.7 Å². The molecule has 6 rings (SSSR count). The summed E-state index contributed by atoms with van der Waals surface area (Å²) in [6, 6.07) is 21.3. The number of fused-ring (bicyclic) bond motifs is 1. The number of carbonyl (C=O) groups excluding carboxylic acids is 1. The summed E-state index contributed by atoms with van der Waals surface area (Å²) in [5.41, 5.74) is 1.90. The Bertz CT molecular complexity index is 1950. The van der Waals surface area contributed by atoms with Gasteiger partial charge in [0.2, 0.25) is 0 Å². The fourth-order valence-corrected chi connectivity index (χ4v) is 6.23. The standard InChI is InChI=1S/C31H24N4O5S2/c1-3-39-29(37)25-26(19-8-5-4-6-9-19)34-31-35(27(25)20-10-12-21(38-2)13-11-20)28(36)23(41-31)18-22-14-15-24(40-22)42-30-32-16-7-17-33-30/h4-18,27H,3H2,1-2H3/b23-18+/t27-/m1/s1. The van der Waals surface area contributed by atoms with Crippen LogP contribution in [-0.4, -0.2) is 34.2 Å². The van der Waals surface area contributed by atoms with Gasteiger partial charge in [0.15, 0.2) is 15.1 Å². The first kappa shape index (κ1) is 27.4. The Morgan fingerprint density at radius 3 is 2.52 bits per heavy atom. The number of esters is 1. The van der Waals surface area contributed by atoms with E-state index >= 15 is 0 Å². The SMILES string of the molecule is CCOC(=O)C1=C(c2ccccc2)N=c2s/c(=C/c3ccc(Sc4ncccn4)o3)c(=O)n2[C@@H]1c1ccc(OC)cc1. The summed E-state index contributed by atoms with van der Waals surface area (Å²) in [7, 11) is 1.58. The number of carbonyl (C=O) groups is 1. The molecule has 1 aliphatic rings. The predicted octanol–water partition coefficient (Wildman–Crippen LogP) is 4.48. The lowest BCUT2D eigenvalue weighted by Crippen LogP contribution is -2.40. The zero-order valence-corrected chi connectivity index (χ0v) is 24.2. The minimum absolute atomic E-state index is 0.178. The number of ether oxygens (including phenoxy) is 2. The molecule has 4 heterocycles. The molecule has 5 aromatic rings. The van der Waals surface area contributed by atoms with Crippen molar-refractivity contribution >= 4 is 40.8 Å². The first-order valence-electron chi connectivity index (χ1n) is 13.0. The number of thiazole rings is 1. The van der Waals surface area contributed by atoms with E-state index in [1.807, 2.05) is 42.5 Å². The highest BCUT2D eigenvalue weighted by Gasteiger charge is 2.35. The number of aromatic nitrogens is 3. The predicted molar refractivity (Wildman–Crippen MR) is 159 cm³/mol. The third-order valence-electron chi connectivity index (χ3n) is 6.41. The van der Waals surface area contributed by atoms with Gasteiger partial charge < -0.3 is 13.9 Å². The molecule has 42 heavy (non-hydrogen) atoms. The van der Waals surface area contributed by atoms with Crippen LogP contribution in [0, 0.1) is 0 Å². The Labute approximate surface area is 248 Å². The molecule has 9 nitrogen and oxygen atoms in total. The van der Waals surface area contributed by atoms with E-state index < -0.39 is 12.0 Å². The molecule has 1 atom stereocenters. The van der Waals surface area contributed by atoms with Crippen LogP contribution < -0.4 is 19.6 Å². The molecule has 0 saturated carbocycles. The van der Waals surface area contributed by atoms with Gasteiger partial charge in [0.05, 0.1) is 35.6 Å². The fourth-order valence-electron chi connectivity index (χ4n) is 4.57. The van der Waals surface area contributed by atoms with Crippen molar-refractivity contribution in [3.05, 3.63) is 127 Å². The van der Waals surface area contributed by atoms with Crippen molar-refractivity contribution in [1.29, 1.82) is 0 Å². The van der Waals surface area contributed by atoms with Crippen molar-refractivity contribution in [1.82, 2.24) is 14.5 Å². The summed E-state index contributed by atoms with van der Waals surface area (Å²) in [5.74, 6) is 0.613. The van der Waals surface area contributed by atoms with Gasteiger partial charge in [0, 0.05) is 24.0 Å². The summed E-state index contributed by atoms with van der Waals surface area (Å²) in [6.07, 6.45) is 5.00. The van der Waals surface area contributed by atoms with Gasteiger partial charge in [-0.3, -0.25) is 9.36 Å². The number of nitrogens with zero attached hydrogens (tertiary/aromatic N) is 4. The number of methoxy groups -OCH3 is 1. The molecule has 0 fully saturated rings. The van der Waals surface area contributed by atoms with Crippen LogP contribution in [-0.2, 0) is 9.53 Å². The molecule has 1 aliphatic heterocycles. The summed E-state index contributed by atoms with van der Waals surface area (Å²) in [4.78, 5) is 41.3. The Balaban J connectivity index is 1.52. The zero-order chi connectivity index (χ0) is 29.1. The van der Waals surface area contributed by atoms with Gasteiger partial charge in [-0.05, 0) is 54.6 Å². The normalized spacial score (nSPS) is 14.8. The van der Waals surface area contributed by atoms with Crippen LogP contribution >= 0.6 is 23.1 Å². The number of hydrogen-bond donors (Lipinski definition) is 0. The molecule has 0 amide bonds. The maximum Gasteiger partial charge on any atom is 0.338 e. The lowest BCUT2D eigenvalue weighted by atomic mass is 9.93. The van der Waals surface area contributed by atoms with Gasteiger partial charge in [-0.1, -0.05) is 53.8 Å². The molecule has 3 aromatic heterocycles. The van der Waals surface area contributed by atoms with Crippen molar-refractivity contribution in [2.75, 3.05) is 13.7 Å². The van der Waals surface area contributed by atoms with E-state index in [4.69, 9.17) is 18.9 Å². The van der Waals surface area contributed by atoms with Gasteiger partial charge in [0.25, 0.3) is 5.56 Å². The zero-order valence-electron chi connectivity index (χ0n) is 22.6. The number of rotatable bonds is 8. The molecule has 0 spiro atoms. The molecule has 0 N–H and O–H groups in total. The van der Waals surface area contributed by atoms with Crippen LogP contribution in [0.25, 0.3) is 11.8 Å². The molecule has 0 saturated heterocycles. The lowest BCUT2D eigenvalue weighted by Gasteiger charge is -2.26. The van der Waals surface area contributed by atoms with Crippen molar-refractivity contribution in [2.24, 2.45) is 4.99 Å². The number of hydrogen-bond acceptors (Lipinski definition) is 10. The second-order valence-corrected chi connectivity index (χ2v) is 11.0. The second-order valence-electron chi connectivity index (χ2n) is 8.99. The Morgan fingerprint density at radius 1 is 1.05 bits per heavy atom. The largest absolute Gasteiger partial charge is 0.497 e. The molecule has 0 unspecified atom stereocenters. The van der Waals surface area contributed by atoms with Crippen molar-refractivity contribution in [3.63, 3.8) is 0 Å². The minimum Gasteiger partial charge on any atom is -0.497 e. The molecule has 2 aromatic carbocycles. The molecule has 0 aliphatic carbocycles. The number of benzene rings is 2. The molecule has 0 radical (unpaired) electrons. The van der Waals surface area contributed by atoms with Gasteiger partial charge in [-0.15, -0.1) is 0 Å². The van der Waals surface area contributed by atoms with E-state index in [1.54, 1.807) is 67.4 Å². The highest BCUT2D eigenvalue weighted by Crippen LogP contribution is 2.35. The average Bonchev–Trinajstić information content (AvgIpc) is 3.60. The van der Waals surface area contributed by atoms with Gasteiger partial charge >= 0.3 is 5.97 Å². The van der Waals surface area contributed by atoms with Crippen molar-refractivity contribution < 1.29 is 18.7 Å². The Kier molecular flexibility index (Phi) is 7.85. The third-order valence-corrected chi connectivity index (χ3v) is 8.21. The maximum atomic E-state index is 14.0. The summed E-state index contributed by atoms with van der Waals surface area (Å²) in [6.45, 7) is 1.93. The molecule has 0 bridgehead atoms. The minimum atomic E-state index is -0.776. The number of furan rings is 1. The van der Waals surface area contributed by atoms with Gasteiger partial charge in [-0.2, -0.15) is 0 Å². The quantitative estimate of drug-likeness (QED) is 0.191. The molecular weight excluding hydrogens is 572 g/mol. The highest BCUT2D eigenvalue weighted by molar-refractivity contribution is 7.99. The molecule has 210 valence electrons. The molecular formula is C31H24N4O5S2. The first-order valence-corrected chi connectivity index (χ1v) is 14.7. The van der Waals surface area contributed by atoms with Crippen LogP contribution in [0.2, 0.25) is 0 Å². The Morgan fingerprint density at radius 2 is 1.81 bits per heavy atom. The van der Waals surface area contributed by atoms with Crippen molar-refractivity contribution in [3.8, 4) is 5.75 Å². The van der Waals surface area contributed by atoms with Crippen LogP contribution in [0.3, 0.4) is 0 Å². The van der Waals surface area contributed by atoms with E-state index in [1.165, 1.54) is 23.1 Å². The van der Waals surface area contributed by atoms with E-state index in [0.29, 0.717) is 36.8 Å². The second kappa shape index (κ2) is 12.0. The van der Waals surface area contributed by atoms with Gasteiger partial charge in [-0.25, -0.2) is 19.8 Å². The monoisotopic (exact) mass is 596 g/mol. The van der Waals surface area contributed by atoms with Crippen molar-refractivity contribution in [2.45, 2.75) is 23.2 Å². The average molecular weight is 597 g/mol. The van der Waals surface area contributed by atoms with E-state index in [0.717, 1.165) is 11.1 Å². The van der Waals surface area contributed by atoms with Gasteiger partial charge in [0.1, 0.15) is 11.5 Å². The van der Waals surface area contributed by atoms with E-state index in [9.17, 15) is 9.59 Å². The topological polar surface area (TPSA) is 109 Å². The van der Waals surface area contributed by atoms with Crippen LogP contribution in [0.5, 0.6) is 5.75 Å². The maximum absolute atomic E-state index is 14.0. The fraction of sp³-hybridized carbons (Fsp3) is 0.129. The highest BCUT2D eigenvalue weighted by atomic mass is 32.2. The van der Waals surface area contributed by atoms with Crippen LogP contribution in [0.1, 0.15) is 29.9 Å². The lowest BCUT2D eigenvalue weighted by molar-refractivity contribution is -0.138. The summed E-state index contributed by atoms with van der Waals surface area (Å²) in [5, 5.41) is 1.14. The van der Waals surface area contributed by atoms with E-state index in [2.05, 4.69) is 9.97 Å². The third kappa shape index (κ3) is 5.44.